The van der Waals surface area contributed by atoms with Crippen molar-refractivity contribution in [2.45, 2.75) is 33.1 Å². The summed E-state index contributed by atoms with van der Waals surface area (Å²) < 4.78 is 0. The summed E-state index contributed by atoms with van der Waals surface area (Å²) in [5.74, 6) is 0.254. The van der Waals surface area contributed by atoms with Crippen molar-refractivity contribution >= 4 is 11.8 Å². The molecule has 5 nitrogen and oxygen atoms in total. The molecule has 1 saturated heterocycles. The van der Waals surface area contributed by atoms with Crippen molar-refractivity contribution in [1.29, 1.82) is 5.26 Å². The molecule has 1 aliphatic rings. The summed E-state index contributed by atoms with van der Waals surface area (Å²) in [6.07, 6.45) is 1.91. The van der Waals surface area contributed by atoms with Crippen molar-refractivity contribution in [2.75, 3.05) is 18.0 Å². The van der Waals surface area contributed by atoms with Crippen LogP contribution in [0.25, 0.3) is 0 Å². The highest BCUT2D eigenvalue weighted by molar-refractivity contribution is 5.67. The lowest BCUT2D eigenvalue weighted by Crippen LogP contribution is -2.35. The Morgan fingerprint density at radius 3 is 2.70 bits per heavy atom. The molecule has 0 unspecified atom stereocenters. The third-order valence-corrected chi connectivity index (χ3v) is 3.81. The predicted octanol–water partition coefficient (Wildman–Crippen LogP) is 2.26. The maximum Gasteiger partial charge on any atom is 0.303 e. The van der Waals surface area contributed by atoms with Crippen molar-refractivity contribution in [3.63, 3.8) is 0 Å². The standard InChI is InChI=1S/C15H19N3O2/c1-10-7-11(2)17-15(13(10)9-16)18-5-3-12(4-6-18)8-14(19)20/h7,12H,3-6,8H2,1-2H3,(H,19,20). The van der Waals surface area contributed by atoms with E-state index in [1.807, 2.05) is 19.9 Å². The second-order valence-corrected chi connectivity index (χ2v) is 5.42. The lowest BCUT2D eigenvalue weighted by Gasteiger charge is -2.33. The summed E-state index contributed by atoms with van der Waals surface area (Å²) in [6, 6.07) is 4.15. The van der Waals surface area contributed by atoms with Crippen LogP contribution in [0.2, 0.25) is 0 Å². The van der Waals surface area contributed by atoms with E-state index in [0.717, 1.165) is 43.0 Å². The van der Waals surface area contributed by atoms with Gasteiger partial charge in [-0.25, -0.2) is 4.98 Å². The fourth-order valence-electron chi connectivity index (χ4n) is 2.78. The maximum atomic E-state index is 10.7. The molecule has 0 bridgehead atoms. The molecule has 0 saturated carbocycles. The van der Waals surface area contributed by atoms with Gasteiger partial charge in [0.25, 0.3) is 0 Å². The average Bonchev–Trinajstić information content (AvgIpc) is 2.38. The summed E-state index contributed by atoms with van der Waals surface area (Å²) in [7, 11) is 0. The van der Waals surface area contributed by atoms with Crippen LogP contribution in [0.15, 0.2) is 6.07 Å². The Morgan fingerprint density at radius 2 is 2.15 bits per heavy atom. The van der Waals surface area contributed by atoms with Crippen molar-refractivity contribution < 1.29 is 9.90 Å². The number of piperidine rings is 1. The first-order valence-electron chi connectivity index (χ1n) is 6.86. The van der Waals surface area contributed by atoms with Crippen LogP contribution in [0.3, 0.4) is 0 Å². The SMILES string of the molecule is Cc1cc(C)c(C#N)c(N2CCC(CC(=O)O)CC2)n1. The molecule has 0 atom stereocenters. The molecule has 1 aromatic heterocycles. The molecule has 0 amide bonds. The first-order chi connectivity index (χ1) is 9.51. The number of nitriles is 1. The Labute approximate surface area is 118 Å². The van der Waals surface area contributed by atoms with E-state index >= 15 is 0 Å². The molecule has 0 spiro atoms. The monoisotopic (exact) mass is 273 g/mol. The Balaban J connectivity index is 2.15. The van der Waals surface area contributed by atoms with E-state index in [4.69, 9.17) is 5.11 Å². The number of hydrogen-bond acceptors (Lipinski definition) is 4. The molecule has 1 aromatic rings. The Hall–Kier alpha value is -2.09. The number of aryl methyl sites for hydroxylation is 2. The number of hydrogen-bond donors (Lipinski definition) is 1. The van der Waals surface area contributed by atoms with E-state index in [1.54, 1.807) is 0 Å². The van der Waals surface area contributed by atoms with Gasteiger partial charge in [-0.1, -0.05) is 0 Å². The van der Waals surface area contributed by atoms with Gasteiger partial charge in [0.05, 0.1) is 5.56 Å². The molecule has 0 aliphatic carbocycles. The molecule has 1 N–H and O–H groups in total. The van der Waals surface area contributed by atoms with Crippen molar-refractivity contribution in [3.05, 3.63) is 22.9 Å². The Kier molecular flexibility index (Phi) is 4.23. The largest absolute Gasteiger partial charge is 0.481 e. The number of aliphatic carboxylic acids is 1. The second kappa shape index (κ2) is 5.91. The normalized spacial score (nSPS) is 15.9. The fraction of sp³-hybridized carbons (Fsp3) is 0.533. The van der Waals surface area contributed by atoms with Gasteiger partial charge < -0.3 is 10.0 Å². The number of carboxylic acids is 1. The van der Waals surface area contributed by atoms with Gasteiger partial charge in [-0.2, -0.15) is 5.26 Å². The number of nitrogens with zero attached hydrogens (tertiary/aromatic N) is 3. The summed E-state index contributed by atoms with van der Waals surface area (Å²) in [6.45, 7) is 5.38. The molecule has 20 heavy (non-hydrogen) atoms. The second-order valence-electron chi connectivity index (χ2n) is 5.42. The zero-order valence-corrected chi connectivity index (χ0v) is 11.9. The minimum atomic E-state index is -0.731. The molecule has 1 aliphatic heterocycles. The third kappa shape index (κ3) is 3.08. The van der Waals surface area contributed by atoms with Crippen LogP contribution in [0, 0.1) is 31.1 Å². The minimum absolute atomic E-state index is 0.235. The van der Waals surface area contributed by atoms with Gasteiger partial charge in [0.1, 0.15) is 11.9 Å². The number of rotatable bonds is 3. The van der Waals surface area contributed by atoms with Gasteiger partial charge in [0.2, 0.25) is 0 Å². The predicted molar refractivity (Wildman–Crippen MR) is 75.6 cm³/mol. The van der Waals surface area contributed by atoms with Crippen LogP contribution in [-0.4, -0.2) is 29.1 Å². The van der Waals surface area contributed by atoms with Gasteiger partial charge >= 0.3 is 5.97 Å². The first kappa shape index (κ1) is 14.3. The van der Waals surface area contributed by atoms with Crippen LogP contribution < -0.4 is 4.90 Å². The van der Waals surface area contributed by atoms with Gasteiger partial charge in [-0.15, -0.1) is 0 Å². The molecule has 106 valence electrons. The van der Waals surface area contributed by atoms with Gasteiger partial charge in [0.15, 0.2) is 0 Å². The number of anilines is 1. The van der Waals surface area contributed by atoms with E-state index < -0.39 is 5.97 Å². The summed E-state index contributed by atoms with van der Waals surface area (Å²) in [5.41, 5.74) is 2.49. The molecule has 2 rings (SSSR count). The number of aromatic nitrogens is 1. The molecule has 2 heterocycles. The topological polar surface area (TPSA) is 77.2 Å². The number of carbonyl (C=O) groups is 1. The highest BCUT2D eigenvalue weighted by Crippen LogP contribution is 2.27. The van der Waals surface area contributed by atoms with Crippen LogP contribution in [-0.2, 0) is 4.79 Å². The lowest BCUT2D eigenvalue weighted by molar-refractivity contribution is -0.138. The smallest absolute Gasteiger partial charge is 0.303 e. The zero-order valence-electron chi connectivity index (χ0n) is 11.9. The van der Waals surface area contributed by atoms with Crippen molar-refractivity contribution in [1.82, 2.24) is 4.98 Å². The number of carboxylic acid groups (broad SMARTS) is 1. The van der Waals surface area contributed by atoms with E-state index in [-0.39, 0.29) is 12.3 Å². The molecular formula is C15H19N3O2. The fourth-order valence-corrected chi connectivity index (χ4v) is 2.78. The summed E-state index contributed by atoms with van der Waals surface area (Å²) in [5, 5.41) is 18.1. The highest BCUT2D eigenvalue weighted by atomic mass is 16.4. The minimum Gasteiger partial charge on any atom is -0.481 e. The zero-order chi connectivity index (χ0) is 14.7. The van der Waals surface area contributed by atoms with Gasteiger partial charge in [0, 0.05) is 25.2 Å². The Morgan fingerprint density at radius 1 is 1.50 bits per heavy atom. The van der Waals surface area contributed by atoms with E-state index in [2.05, 4.69) is 16.0 Å². The molecule has 5 heteroatoms. The third-order valence-electron chi connectivity index (χ3n) is 3.81. The molecule has 1 fully saturated rings. The Bertz CT molecular complexity index is 555. The molecular weight excluding hydrogens is 254 g/mol. The van der Waals surface area contributed by atoms with Crippen LogP contribution in [0.5, 0.6) is 0 Å². The van der Waals surface area contributed by atoms with E-state index in [0.29, 0.717) is 5.56 Å². The maximum absolute atomic E-state index is 10.7. The highest BCUT2D eigenvalue weighted by Gasteiger charge is 2.24. The summed E-state index contributed by atoms with van der Waals surface area (Å²) >= 11 is 0. The van der Waals surface area contributed by atoms with Crippen molar-refractivity contribution in [2.24, 2.45) is 5.92 Å². The number of pyridine rings is 1. The molecule has 0 radical (unpaired) electrons. The van der Waals surface area contributed by atoms with Crippen LogP contribution >= 0.6 is 0 Å². The van der Waals surface area contributed by atoms with Gasteiger partial charge in [-0.05, 0) is 44.2 Å². The quantitative estimate of drug-likeness (QED) is 0.914. The average molecular weight is 273 g/mol. The van der Waals surface area contributed by atoms with E-state index in [9.17, 15) is 10.1 Å². The van der Waals surface area contributed by atoms with Crippen LogP contribution in [0.4, 0.5) is 5.82 Å². The summed E-state index contributed by atoms with van der Waals surface area (Å²) in [4.78, 5) is 17.3. The van der Waals surface area contributed by atoms with Gasteiger partial charge in [-0.3, -0.25) is 4.79 Å². The van der Waals surface area contributed by atoms with Crippen LogP contribution in [0.1, 0.15) is 36.1 Å². The van der Waals surface area contributed by atoms with Crippen molar-refractivity contribution in [3.8, 4) is 6.07 Å². The lowest BCUT2D eigenvalue weighted by atomic mass is 9.93. The first-order valence-corrected chi connectivity index (χ1v) is 6.86. The molecule has 0 aromatic carbocycles. The van der Waals surface area contributed by atoms with E-state index in [1.165, 1.54) is 0 Å².